The molecule has 0 aromatic carbocycles. The van der Waals surface area contributed by atoms with E-state index in [9.17, 15) is 10.2 Å². The predicted molar refractivity (Wildman–Crippen MR) is 243 cm³/mol. The van der Waals surface area contributed by atoms with Crippen molar-refractivity contribution in [1.29, 1.82) is 0 Å². The number of nitrogens with two attached hydrogens (primary N) is 1. The second-order valence-electron chi connectivity index (χ2n) is 24.9. The molecule has 0 aliphatic heterocycles. The highest BCUT2D eigenvalue weighted by atomic mass is 16.3. The Hall–Kier alpha value is -0.680. The molecule has 4 nitrogen and oxygen atoms in total. The molecule has 8 aliphatic rings. The minimum atomic E-state index is -0.181. The van der Waals surface area contributed by atoms with Crippen LogP contribution in [0.3, 0.4) is 0 Å². The molecule has 330 valence electrons. The molecule has 18 atom stereocenters. The molecule has 4 heteroatoms. The molecule has 5 N–H and O–H groups in total. The third-order valence-corrected chi connectivity index (χ3v) is 21.1. The molecule has 0 saturated heterocycles. The zero-order valence-corrected chi connectivity index (χ0v) is 39.2. The summed E-state index contributed by atoms with van der Waals surface area (Å²) in [4.78, 5) is 0. The highest BCUT2D eigenvalue weighted by Crippen LogP contribution is 2.69. The second kappa shape index (κ2) is 16.8. The van der Waals surface area contributed by atoms with Gasteiger partial charge in [-0.1, -0.05) is 118 Å². The van der Waals surface area contributed by atoms with Crippen molar-refractivity contribution >= 4 is 0 Å². The van der Waals surface area contributed by atoms with Gasteiger partial charge in [0, 0.05) is 12.1 Å². The fourth-order valence-electron chi connectivity index (χ4n) is 17.9. The van der Waals surface area contributed by atoms with Crippen molar-refractivity contribution in [2.45, 2.75) is 215 Å². The first-order chi connectivity index (χ1) is 27.5. The van der Waals surface area contributed by atoms with Gasteiger partial charge in [0.05, 0.1) is 12.2 Å². The van der Waals surface area contributed by atoms with E-state index < -0.39 is 0 Å². The van der Waals surface area contributed by atoms with E-state index in [1.54, 1.807) is 5.57 Å². The highest BCUT2D eigenvalue weighted by molar-refractivity contribution is 5.30. The van der Waals surface area contributed by atoms with Crippen LogP contribution in [0.25, 0.3) is 0 Å². The van der Waals surface area contributed by atoms with Crippen molar-refractivity contribution in [3.8, 4) is 0 Å². The van der Waals surface area contributed by atoms with Gasteiger partial charge >= 0.3 is 0 Å². The summed E-state index contributed by atoms with van der Waals surface area (Å²) in [7, 11) is 0. The standard InChI is InChI=1S/C54H92N2O2/c1-33(2)12-10-14-35(5)41-16-18-44-50-46(23-26-53(41,44)8)52(7)25-21-40(58)29-38(52)31-48(50)56-32-36(15-11-13-34(3)4)42-17-19-43-49-45(22-27-54(42,43)9)51(6)24-20-39(57)28-37(51)30-47(49)55/h30-31,33-36,39-50,56-58H,10-29,32,55H2,1-9H3/t35-,36+,39+,40+,41?,42?,43?,44?,45?,46?,47+,48-,49?,50?,51+,52+,53-,54-/m1/s1. The first kappa shape index (κ1) is 43.9. The van der Waals surface area contributed by atoms with Crippen LogP contribution in [-0.2, 0) is 0 Å². The predicted octanol–water partition coefficient (Wildman–Crippen LogP) is 12.3. The van der Waals surface area contributed by atoms with Crippen LogP contribution in [0.15, 0.2) is 23.3 Å². The third kappa shape index (κ3) is 7.62. The van der Waals surface area contributed by atoms with E-state index in [0.717, 1.165) is 80.1 Å². The molecule has 8 rings (SSSR count). The number of hydrogen-bond acceptors (Lipinski definition) is 4. The van der Waals surface area contributed by atoms with Crippen LogP contribution in [0.2, 0.25) is 0 Å². The van der Waals surface area contributed by atoms with Crippen LogP contribution in [0.1, 0.15) is 191 Å². The van der Waals surface area contributed by atoms with E-state index in [4.69, 9.17) is 5.73 Å². The lowest BCUT2D eigenvalue weighted by Gasteiger charge is -2.61. The van der Waals surface area contributed by atoms with Crippen LogP contribution >= 0.6 is 0 Å². The largest absolute Gasteiger partial charge is 0.393 e. The maximum Gasteiger partial charge on any atom is 0.0577 e. The molecule has 8 unspecified atom stereocenters. The Balaban J connectivity index is 1.06. The minimum Gasteiger partial charge on any atom is -0.393 e. The van der Waals surface area contributed by atoms with Crippen LogP contribution in [0.5, 0.6) is 0 Å². The molecule has 0 bridgehead atoms. The van der Waals surface area contributed by atoms with Gasteiger partial charge in [-0.3, -0.25) is 0 Å². The number of nitrogens with one attached hydrogen (secondary N) is 1. The molecule has 0 aromatic heterocycles. The average Bonchev–Trinajstić information content (AvgIpc) is 3.70. The first-order valence-corrected chi connectivity index (χ1v) is 25.8. The second-order valence-corrected chi connectivity index (χ2v) is 24.9. The minimum absolute atomic E-state index is 0.138. The van der Waals surface area contributed by atoms with Crippen LogP contribution in [0.4, 0.5) is 0 Å². The van der Waals surface area contributed by atoms with Gasteiger partial charge in [-0.05, 0) is 196 Å². The van der Waals surface area contributed by atoms with E-state index in [1.807, 2.05) is 0 Å². The Morgan fingerprint density at radius 1 is 0.603 bits per heavy atom. The van der Waals surface area contributed by atoms with E-state index >= 15 is 0 Å². The number of aliphatic hydroxyl groups is 2. The van der Waals surface area contributed by atoms with Gasteiger partial charge in [0.1, 0.15) is 0 Å². The summed E-state index contributed by atoms with van der Waals surface area (Å²) in [6.45, 7) is 24.1. The van der Waals surface area contributed by atoms with Crippen molar-refractivity contribution in [2.24, 2.45) is 98.4 Å². The van der Waals surface area contributed by atoms with Crippen molar-refractivity contribution in [1.82, 2.24) is 5.32 Å². The summed E-state index contributed by atoms with van der Waals surface area (Å²) < 4.78 is 0. The number of rotatable bonds is 13. The van der Waals surface area contributed by atoms with Gasteiger partial charge in [0.15, 0.2) is 0 Å². The Labute approximate surface area is 357 Å². The molecular weight excluding hydrogens is 709 g/mol. The molecule has 0 spiro atoms. The Bertz CT molecular complexity index is 1500. The summed E-state index contributed by atoms with van der Waals surface area (Å²) in [5.41, 5.74) is 11.7. The molecule has 0 amide bonds. The van der Waals surface area contributed by atoms with Gasteiger partial charge in [-0.15, -0.1) is 0 Å². The van der Waals surface area contributed by atoms with Crippen molar-refractivity contribution in [3.63, 3.8) is 0 Å². The summed E-state index contributed by atoms with van der Waals surface area (Å²) >= 11 is 0. The third-order valence-electron chi connectivity index (χ3n) is 21.1. The van der Waals surface area contributed by atoms with E-state index in [-0.39, 0.29) is 29.1 Å². The van der Waals surface area contributed by atoms with E-state index in [2.05, 4.69) is 79.8 Å². The van der Waals surface area contributed by atoms with Gasteiger partial charge in [0.2, 0.25) is 0 Å². The summed E-state index contributed by atoms with van der Waals surface area (Å²) in [6, 6.07) is 0.572. The van der Waals surface area contributed by atoms with Gasteiger partial charge in [-0.25, -0.2) is 0 Å². The SMILES string of the molecule is CC(C)CCC[C@@H](CN[C@@H]1C=C2C[C@@H](O)CC[C@]2(C)C2CC[C@@]3(C)C(CCC3[C@H](C)CCCC(C)C)C21)C1CCC2C3C(CC[C@@]21C)[C@@]1(C)CC[C@H](O)CC1=C[C@@H]3N. The lowest BCUT2D eigenvalue weighted by Crippen LogP contribution is -2.59. The summed E-state index contributed by atoms with van der Waals surface area (Å²) in [5, 5.41) is 26.3. The van der Waals surface area contributed by atoms with Gasteiger partial charge in [-0.2, -0.15) is 0 Å². The highest BCUT2D eigenvalue weighted by Gasteiger charge is 2.63. The van der Waals surface area contributed by atoms with E-state index in [1.165, 1.54) is 102 Å². The average molecular weight is 801 g/mol. The molecule has 6 saturated carbocycles. The maximum absolute atomic E-state index is 11.1. The molecule has 0 aromatic rings. The number of hydrogen-bond donors (Lipinski definition) is 4. The lowest BCUT2D eigenvalue weighted by atomic mass is 9.45. The van der Waals surface area contributed by atoms with Crippen LogP contribution in [-0.4, -0.2) is 41.0 Å². The fraction of sp³-hybridized carbons (Fsp3) is 0.926. The molecular formula is C54H92N2O2. The first-order valence-electron chi connectivity index (χ1n) is 25.8. The smallest absolute Gasteiger partial charge is 0.0577 e. The molecule has 8 aliphatic carbocycles. The number of aliphatic hydroxyl groups excluding tert-OH is 2. The van der Waals surface area contributed by atoms with Gasteiger partial charge < -0.3 is 21.3 Å². The Kier molecular flexibility index (Phi) is 12.7. The zero-order chi connectivity index (χ0) is 41.4. The van der Waals surface area contributed by atoms with Crippen molar-refractivity contribution in [3.05, 3.63) is 23.3 Å². The maximum atomic E-state index is 11.1. The summed E-state index contributed by atoms with van der Waals surface area (Å²) in [6.07, 6.45) is 30.1. The monoisotopic (exact) mass is 801 g/mol. The lowest BCUT2D eigenvalue weighted by molar-refractivity contribution is -0.0716. The Morgan fingerprint density at radius 2 is 1.12 bits per heavy atom. The van der Waals surface area contributed by atoms with Crippen molar-refractivity contribution in [2.75, 3.05) is 6.54 Å². The zero-order valence-electron chi connectivity index (χ0n) is 39.2. The topological polar surface area (TPSA) is 78.5 Å². The summed E-state index contributed by atoms with van der Waals surface area (Å²) in [5.74, 6) is 8.94. The fourth-order valence-corrected chi connectivity index (χ4v) is 17.9. The normalized spacial score (nSPS) is 48.2. The molecule has 58 heavy (non-hydrogen) atoms. The molecule has 6 fully saturated rings. The quantitative estimate of drug-likeness (QED) is 0.140. The number of fused-ring (bicyclic) bond motifs is 10. The van der Waals surface area contributed by atoms with Crippen molar-refractivity contribution < 1.29 is 10.2 Å². The molecule has 0 radical (unpaired) electrons. The van der Waals surface area contributed by atoms with Gasteiger partial charge in [0.25, 0.3) is 0 Å². The Morgan fingerprint density at radius 3 is 1.72 bits per heavy atom. The van der Waals surface area contributed by atoms with E-state index in [0.29, 0.717) is 46.5 Å². The van der Waals surface area contributed by atoms with Crippen LogP contribution in [0, 0.1) is 92.7 Å². The molecule has 0 heterocycles. The van der Waals surface area contributed by atoms with Crippen LogP contribution < -0.4 is 11.1 Å².